The number of carbonyl (C=O) groups excluding carboxylic acids is 1. The molecule has 17 heavy (non-hydrogen) atoms. The van der Waals surface area contributed by atoms with Gasteiger partial charge in [0.2, 0.25) is 0 Å². The highest BCUT2D eigenvalue weighted by molar-refractivity contribution is 5.75. The van der Waals surface area contributed by atoms with Crippen molar-refractivity contribution in [3.63, 3.8) is 0 Å². The number of carbonyl (C=O) groups is 1. The number of cyclic esters (lactones) is 1. The van der Waals surface area contributed by atoms with Crippen LogP contribution in [0.5, 0.6) is 0 Å². The fourth-order valence-electron chi connectivity index (χ4n) is 2.01. The Morgan fingerprint density at radius 1 is 1.41 bits per heavy atom. The molecule has 0 spiro atoms. The lowest BCUT2D eigenvalue weighted by molar-refractivity contribution is -0.144. The molecule has 0 radical (unpaired) electrons. The normalized spacial score (nSPS) is 24.2. The Kier molecular flexibility index (Phi) is 3.57. The first-order valence-electron chi connectivity index (χ1n) is 5.78. The molecular weight excluding hydrogens is 219 g/mol. The zero-order valence-corrected chi connectivity index (χ0v) is 9.73. The molecule has 90 valence electrons. The second-order valence-electron chi connectivity index (χ2n) is 4.21. The lowest BCUT2D eigenvalue weighted by Gasteiger charge is -2.08. The predicted molar refractivity (Wildman–Crippen MR) is 62.8 cm³/mol. The SMILES string of the molecule is CC=CC[C@H]1C[C@H](c2ccc(F)cc2)OC1=O. The van der Waals surface area contributed by atoms with E-state index in [9.17, 15) is 9.18 Å². The molecule has 1 saturated heterocycles. The van der Waals surface area contributed by atoms with Gasteiger partial charge in [-0.2, -0.15) is 0 Å². The topological polar surface area (TPSA) is 26.3 Å². The van der Waals surface area contributed by atoms with Crippen molar-refractivity contribution in [1.29, 1.82) is 0 Å². The fraction of sp³-hybridized carbons (Fsp3) is 0.357. The maximum Gasteiger partial charge on any atom is 0.310 e. The molecule has 1 aliphatic heterocycles. The van der Waals surface area contributed by atoms with Crippen molar-refractivity contribution < 1.29 is 13.9 Å². The van der Waals surface area contributed by atoms with E-state index in [1.54, 1.807) is 12.1 Å². The fourth-order valence-corrected chi connectivity index (χ4v) is 2.01. The third-order valence-corrected chi connectivity index (χ3v) is 2.99. The number of hydrogen-bond donors (Lipinski definition) is 0. The van der Waals surface area contributed by atoms with Crippen LogP contribution >= 0.6 is 0 Å². The maximum atomic E-state index is 12.8. The summed E-state index contributed by atoms with van der Waals surface area (Å²) in [7, 11) is 0. The second-order valence-corrected chi connectivity index (χ2v) is 4.21. The summed E-state index contributed by atoms with van der Waals surface area (Å²) in [6.45, 7) is 1.93. The molecule has 0 N–H and O–H groups in total. The Morgan fingerprint density at radius 2 is 2.12 bits per heavy atom. The van der Waals surface area contributed by atoms with Crippen LogP contribution in [-0.4, -0.2) is 5.97 Å². The molecule has 1 fully saturated rings. The van der Waals surface area contributed by atoms with Gasteiger partial charge in [-0.25, -0.2) is 4.39 Å². The van der Waals surface area contributed by atoms with E-state index in [4.69, 9.17) is 4.74 Å². The van der Waals surface area contributed by atoms with Crippen molar-refractivity contribution >= 4 is 5.97 Å². The van der Waals surface area contributed by atoms with Crippen LogP contribution in [-0.2, 0) is 9.53 Å². The summed E-state index contributed by atoms with van der Waals surface area (Å²) in [5.41, 5.74) is 0.864. The molecule has 0 bridgehead atoms. The van der Waals surface area contributed by atoms with E-state index >= 15 is 0 Å². The Hall–Kier alpha value is -1.64. The van der Waals surface area contributed by atoms with Gasteiger partial charge in [-0.05, 0) is 31.0 Å². The number of halogens is 1. The molecule has 3 heteroatoms. The number of hydrogen-bond acceptors (Lipinski definition) is 2. The van der Waals surface area contributed by atoms with Gasteiger partial charge in [0.25, 0.3) is 0 Å². The third kappa shape index (κ3) is 2.73. The molecule has 0 unspecified atom stereocenters. The van der Waals surface area contributed by atoms with Gasteiger partial charge in [0, 0.05) is 6.42 Å². The van der Waals surface area contributed by atoms with Crippen molar-refractivity contribution in [2.45, 2.75) is 25.9 Å². The van der Waals surface area contributed by atoms with Crippen LogP contribution in [0.1, 0.15) is 31.4 Å². The van der Waals surface area contributed by atoms with Crippen LogP contribution in [0.2, 0.25) is 0 Å². The van der Waals surface area contributed by atoms with E-state index in [1.807, 2.05) is 19.1 Å². The molecule has 0 aromatic heterocycles. The highest BCUT2D eigenvalue weighted by Gasteiger charge is 2.34. The summed E-state index contributed by atoms with van der Waals surface area (Å²) in [4.78, 5) is 11.6. The minimum Gasteiger partial charge on any atom is -0.457 e. The molecule has 0 saturated carbocycles. The van der Waals surface area contributed by atoms with E-state index in [0.717, 1.165) is 5.56 Å². The Bertz CT molecular complexity index is 422. The summed E-state index contributed by atoms with van der Waals surface area (Å²) in [6, 6.07) is 6.13. The summed E-state index contributed by atoms with van der Waals surface area (Å²) < 4.78 is 18.1. The third-order valence-electron chi connectivity index (χ3n) is 2.99. The number of allylic oxidation sites excluding steroid dienone is 2. The van der Waals surface area contributed by atoms with E-state index in [0.29, 0.717) is 12.8 Å². The van der Waals surface area contributed by atoms with Crippen LogP contribution in [0, 0.1) is 11.7 Å². The molecule has 1 aromatic carbocycles. The number of esters is 1. The van der Waals surface area contributed by atoms with Gasteiger partial charge >= 0.3 is 5.97 Å². The molecule has 0 aliphatic carbocycles. The van der Waals surface area contributed by atoms with Gasteiger partial charge < -0.3 is 4.74 Å². The molecule has 2 atom stereocenters. The molecular formula is C14H15FO2. The van der Waals surface area contributed by atoms with Crippen molar-refractivity contribution in [3.8, 4) is 0 Å². The van der Waals surface area contributed by atoms with Gasteiger partial charge in [-0.15, -0.1) is 0 Å². The highest BCUT2D eigenvalue weighted by atomic mass is 19.1. The Balaban J connectivity index is 2.05. The monoisotopic (exact) mass is 234 g/mol. The zero-order chi connectivity index (χ0) is 12.3. The van der Waals surface area contributed by atoms with Crippen molar-refractivity contribution in [3.05, 3.63) is 47.8 Å². The smallest absolute Gasteiger partial charge is 0.310 e. The van der Waals surface area contributed by atoms with Crippen LogP contribution in [0.3, 0.4) is 0 Å². The molecule has 0 amide bonds. The van der Waals surface area contributed by atoms with Gasteiger partial charge in [-0.1, -0.05) is 24.3 Å². The quantitative estimate of drug-likeness (QED) is 0.592. The van der Waals surface area contributed by atoms with Crippen molar-refractivity contribution in [2.24, 2.45) is 5.92 Å². The van der Waals surface area contributed by atoms with Crippen LogP contribution < -0.4 is 0 Å². The van der Waals surface area contributed by atoms with Gasteiger partial charge in [0.05, 0.1) is 5.92 Å². The highest BCUT2D eigenvalue weighted by Crippen LogP contribution is 2.35. The molecule has 2 rings (SSSR count). The van der Waals surface area contributed by atoms with Gasteiger partial charge in [0.15, 0.2) is 0 Å². The minimum absolute atomic E-state index is 0.0683. The van der Waals surface area contributed by atoms with Crippen LogP contribution in [0.4, 0.5) is 4.39 Å². The maximum absolute atomic E-state index is 12.8. The number of benzene rings is 1. The first-order valence-corrected chi connectivity index (χ1v) is 5.78. The van der Waals surface area contributed by atoms with E-state index < -0.39 is 0 Å². The molecule has 2 nitrogen and oxygen atoms in total. The summed E-state index contributed by atoms with van der Waals surface area (Å²) in [6.07, 6.45) is 5.07. The lowest BCUT2D eigenvalue weighted by atomic mass is 9.97. The number of ether oxygens (including phenoxy) is 1. The Labute approximate surface area is 100 Å². The summed E-state index contributed by atoms with van der Waals surface area (Å²) in [5.74, 6) is -0.498. The number of rotatable bonds is 3. The predicted octanol–water partition coefficient (Wildman–Crippen LogP) is 3.40. The second kappa shape index (κ2) is 5.13. The first kappa shape index (κ1) is 11.8. The zero-order valence-electron chi connectivity index (χ0n) is 9.73. The first-order chi connectivity index (χ1) is 8.20. The van der Waals surface area contributed by atoms with E-state index in [1.165, 1.54) is 12.1 Å². The lowest BCUT2D eigenvalue weighted by Crippen LogP contribution is -2.05. The van der Waals surface area contributed by atoms with Gasteiger partial charge in [-0.3, -0.25) is 4.79 Å². The molecule has 1 aromatic rings. The van der Waals surface area contributed by atoms with Crippen LogP contribution in [0.25, 0.3) is 0 Å². The van der Waals surface area contributed by atoms with Crippen molar-refractivity contribution in [1.82, 2.24) is 0 Å². The van der Waals surface area contributed by atoms with Gasteiger partial charge in [0.1, 0.15) is 11.9 Å². The largest absolute Gasteiger partial charge is 0.457 e. The minimum atomic E-state index is -0.275. The van der Waals surface area contributed by atoms with E-state index in [-0.39, 0.29) is 23.8 Å². The average molecular weight is 234 g/mol. The summed E-state index contributed by atoms with van der Waals surface area (Å²) in [5, 5.41) is 0. The molecule has 1 heterocycles. The average Bonchev–Trinajstić information content (AvgIpc) is 2.69. The standard InChI is InChI=1S/C14H15FO2/c1-2-3-4-11-9-13(17-14(11)16)10-5-7-12(15)8-6-10/h2-3,5-8,11,13H,4,9H2,1H3/t11-,13+/m0/s1. The molecule has 1 aliphatic rings. The van der Waals surface area contributed by atoms with E-state index in [2.05, 4.69) is 0 Å². The summed E-state index contributed by atoms with van der Waals surface area (Å²) >= 11 is 0. The van der Waals surface area contributed by atoms with Crippen molar-refractivity contribution in [2.75, 3.05) is 0 Å². The van der Waals surface area contributed by atoms with Crippen LogP contribution in [0.15, 0.2) is 36.4 Å². The Morgan fingerprint density at radius 3 is 2.76 bits per heavy atom.